The summed E-state index contributed by atoms with van der Waals surface area (Å²) in [5, 5.41) is 5.40. The summed E-state index contributed by atoms with van der Waals surface area (Å²) in [6.45, 7) is 2.37. The highest BCUT2D eigenvalue weighted by Crippen LogP contribution is 2.16. The molecule has 0 bridgehead atoms. The van der Waals surface area contributed by atoms with Crippen LogP contribution in [-0.2, 0) is 11.3 Å². The average Bonchev–Trinajstić information content (AvgIpc) is 2.49. The van der Waals surface area contributed by atoms with Crippen molar-refractivity contribution in [1.29, 1.82) is 0 Å². The third-order valence-corrected chi connectivity index (χ3v) is 2.69. The number of hydrogen-bond acceptors (Lipinski definition) is 6. The van der Waals surface area contributed by atoms with E-state index in [0.717, 1.165) is 5.56 Å². The van der Waals surface area contributed by atoms with E-state index in [9.17, 15) is 9.18 Å². The minimum Gasteiger partial charge on any atom is -0.450 e. The normalized spacial score (nSPS) is 9.65. The van der Waals surface area contributed by atoms with Gasteiger partial charge in [0.1, 0.15) is 11.5 Å². The minimum absolute atomic E-state index is 0. The van der Waals surface area contributed by atoms with Gasteiger partial charge in [0.05, 0.1) is 12.8 Å². The lowest BCUT2D eigenvalue weighted by Gasteiger charge is -2.09. The summed E-state index contributed by atoms with van der Waals surface area (Å²) in [4.78, 5) is 19.4. The third kappa shape index (κ3) is 5.59. The second-order valence-corrected chi connectivity index (χ2v) is 4.32. The van der Waals surface area contributed by atoms with Crippen LogP contribution in [0, 0.1) is 5.82 Å². The molecule has 0 aliphatic rings. The molecular weight excluding hydrogens is 325 g/mol. The molecule has 2 rings (SSSR count). The molecule has 124 valence electrons. The third-order valence-electron chi connectivity index (χ3n) is 2.69. The molecule has 0 fully saturated rings. The molecule has 1 amide bonds. The molecule has 1 aromatic carbocycles. The molecule has 9 heteroatoms. The first-order valence-electron chi connectivity index (χ1n) is 6.63. The Kier molecular flexibility index (Phi) is 7.01. The first-order valence-corrected chi connectivity index (χ1v) is 6.63. The maximum Gasteiger partial charge on any atom is 0.411 e. The molecular formula is C14H17ClFN5O2. The van der Waals surface area contributed by atoms with Crippen LogP contribution >= 0.6 is 12.4 Å². The van der Waals surface area contributed by atoms with Gasteiger partial charge in [-0.3, -0.25) is 5.32 Å². The van der Waals surface area contributed by atoms with Crippen molar-refractivity contribution >= 4 is 36.0 Å². The SMILES string of the molecule is CCOC(=O)Nc1cnc(NCc2ccc(F)cc2)nc1N.Cl. The first kappa shape index (κ1) is 18.4. The number of carbonyl (C=O) groups excluding carboxylic acids is 1. The first-order chi connectivity index (χ1) is 10.6. The van der Waals surface area contributed by atoms with E-state index in [1.807, 2.05) is 0 Å². The van der Waals surface area contributed by atoms with Gasteiger partial charge in [0, 0.05) is 6.54 Å². The van der Waals surface area contributed by atoms with Gasteiger partial charge in [-0.25, -0.2) is 14.2 Å². The van der Waals surface area contributed by atoms with E-state index in [-0.39, 0.29) is 36.3 Å². The Hall–Kier alpha value is -2.61. The van der Waals surface area contributed by atoms with Crippen LogP contribution < -0.4 is 16.4 Å². The summed E-state index contributed by atoms with van der Waals surface area (Å²) in [6.07, 6.45) is 0.761. The van der Waals surface area contributed by atoms with Crippen LogP contribution in [0.4, 0.5) is 26.6 Å². The second-order valence-electron chi connectivity index (χ2n) is 4.32. The summed E-state index contributed by atoms with van der Waals surface area (Å²) < 4.78 is 17.5. The quantitative estimate of drug-likeness (QED) is 0.772. The number of amides is 1. The van der Waals surface area contributed by atoms with E-state index < -0.39 is 6.09 Å². The van der Waals surface area contributed by atoms with Crippen molar-refractivity contribution < 1.29 is 13.9 Å². The van der Waals surface area contributed by atoms with E-state index in [1.165, 1.54) is 18.3 Å². The molecule has 1 aromatic heterocycles. The van der Waals surface area contributed by atoms with E-state index in [1.54, 1.807) is 19.1 Å². The molecule has 23 heavy (non-hydrogen) atoms. The van der Waals surface area contributed by atoms with Gasteiger partial charge in [-0.1, -0.05) is 12.1 Å². The molecule has 0 atom stereocenters. The Labute approximate surface area is 138 Å². The summed E-state index contributed by atoms with van der Waals surface area (Å²) in [5.41, 5.74) is 6.89. The molecule has 0 saturated carbocycles. The number of benzene rings is 1. The highest BCUT2D eigenvalue weighted by molar-refractivity contribution is 5.87. The topological polar surface area (TPSA) is 102 Å². The fraction of sp³-hybridized carbons (Fsp3) is 0.214. The standard InChI is InChI=1S/C14H16FN5O2.ClH/c1-2-22-14(21)19-11-8-18-13(20-12(11)16)17-7-9-3-5-10(15)6-4-9;/h3-6,8H,2,7H2,1H3,(H,19,21)(H3,16,17,18,20);1H. The number of halogens is 2. The lowest BCUT2D eigenvalue weighted by molar-refractivity contribution is 0.168. The molecule has 0 radical (unpaired) electrons. The van der Waals surface area contributed by atoms with Crippen molar-refractivity contribution in [2.24, 2.45) is 0 Å². The lowest BCUT2D eigenvalue weighted by atomic mass is 10.2. The van der Waals surface area contributed by atoms with E-state index in [0.29, 0.717) is 12.5 Å². The summed E-state index contributed by atoms with van der Waals surface area (Å²) in [7, 11) is 0. The Morgan fingerprint density at radius 3 is 2.65 bits per heavy atom. The molecule has 0 spiro atoms. The van der Waals surface area contributed by atoms with E-state index >= 15 is 0 Å². The predicted molar refractivity (Wildman–Crippen MR) is 88.1 cm³/mol. The average molecular weight is 342 g/mol. The Morgan fingerprint density at radius 2 is 2.04 bits per heavy atom. The number of nitrogens with zero attached hydrogens (tertiary/aromatic N) is 2. The Morgan fingerprint density at radius 1 is 1.35 bits per heavy atom. The molecule has 0 aliphatic heterocycles. The van der Waals surface area contributed by atoms with Crippen molar-refractivity contribution in [3.05, 3.63) is 41.8 Å². The predicted octanol–water partition coefficient (Wildman–Crippen LogP) is 2.80. The van der Waals surface area contributed by atoms with Gasteiger partial charge < -0.3 is 15.8 Å². The number of anilines is 3. The van der Waals surface area contributed by atoms with E-state index in [4.69, 9.17) is 10.5 Å². The monoisotopic (exact) mass is 341 g/mol. The van der Waals surface area contributed by atoms with Gasteiger partial charge in [0.15, 0.2) is 5.82 Å². The molecule has 7 nitrogen and oxygen atoms in total. The number of aromatic nitrogens is 2. The Balaban J connectivity index is 0.00000264. The number of hydrogen-bond donors (Lipinski definition) is 3. The summed E-state index contributed by atoms with van der Waals surface area (Å²) in [6, 6.07) is 6.06. The number of carbonyl (C=O) groups is 1. The largest absolute Gasteiger partial charge is 0.450 e. The van der Waals surface area contributed by atoms with Crippen LogP contribution in [0.5, 0.6) is 0 Å². The number of nitrogens with two attached hydrogens (primary N) is 1. The number of nitrogens with one attached hydrogen (secondary N) is 2. The van der Waals surface area contributed by atoms with Crippen molar-refractivity contribution in [3.8, 4) is 0 Å². The van der Waals surface area contributed by atoms with E-state index in [2.05, 4.69) is 20.6 Å². The van der Waals surface area contributed by atoms with Gasteiger partial charge in [0.2, 0.25) is 5.95 Å². The molecule has 4 N–H and O–H groups in total. The van der Waals surface area contributed by atoms with Crippen molar-refractivity contribution in [1.82, 2.24) is 9.97 Å². The van der Waals surface area contributed by atoms with Crippen LogP contribution in [-0.4, -0.2) is 22.7 Å². The Bertz CT molecular complexity index is 654. The molecule has 2 aromatic rings. The highest BCUT2D eigenvalue weighted by Gasteiger charge is 2.08. The maximum absolute atomic E-state index is 12.8. The van der Waals surface area contributed by atoms with Crippen molar-refractivity contribution in [2.45, 2.75) is 13.5 Å². The smallest absolute Gasteiger partial charge is 0.411 e. The van der Waals surface area contributed by atoms with Gasteiger partial charge in [-0.15, -0.1) is 12.4 Å². The molecule has 0 unspecified atom stereocenters. The van der Waals surface area contributed by atoms with Crippen LogP contribution in [0.3, 0.4) is 0 Å². The second kappa shape index (κ2) is 8.74. The van der Waals surface area contributed by atoms with Crippen LogP contribution in [0.25, 0.3) is 0 Å². The fourth-order valence-corrected chi connectivity index (χ4v) is 1.64. The molecule has 0 aliphatic carbocycles. The van der Waals surface area contributed by atoms with Gasteiger partial charge >= 0.3 is 6.09 Å². The lowest BCUT2D eigenvalue weighted by Crippen LogP contribution is -2.16. The van der Waals surface area contributed by atoms with Gasteiger partial charge in [-0.2, -0.15) is 4.98 Å². The number of ether oxygens (including phenoxy) is 1. The van der Waals surface area contributed by atoms with Crippen LogP contribution in [0.1, 0.15) is 12.5 Å². The zero-order valence-electron chi connectivity index (χ0n) is 12.4. The minimum atomic E-state index is -0.621. The van der Waals surface area contributed by atoms with Crippen molar-refractivity contribution in [3.63, 3.8) is 0 Å². The van der Waals surface area contributed by atoms with Crippen molar-refractivity contribution in [2.75, 3.05) is 23.0 Å². The molecule has 0 saturated heterocycles. The fourth-order valence-electron chi connectivity index (χ4n) is 1.64. The van der Waals surface area contributed by atoms with Crippen LogP contribution in [0.15, 0.2) is 30.5 Å². The molecule has 1 heterocycles. The summed E-state index contributed by atoms with van der Waals surface area (Å²) >= 11 is 0. The zero-order chi connectivity index (χ0) is 15.9. The zero-order valence-corrected chi connectivity index (χ0v) is 13.2. The number of nitrogen functional groups attached to an aromatic ring is 1. The highest BCUT2D eigenvalue weighted by atomic mass is 35.5. The summed E-state index contributed by atoms with van der Waals surface area (Å²) in [5.74, 6) is 0.125. The van der Waals surface area contributed by atoms with Crippen LogP contribution in [0.2, 0.25) is 0 Å². The van der Waals surface area contributed by atoms with Gasteiger partial charge in [0.25, 0.3) is 0 Å². The van der Waals surface area contributed by atoms with Gasteiger partial charge in [-0.05, 0) is 24.6 Å². The number of rotatable bonds is 5. The maximum atomic E-state index is 12.8.